The number of cyclic esters (lactones) is 1. The van der Waals surface area contributed by atoms with E-state index in [2.05, 4.69) is 9.73 Å². The van der Waals surface area contributed by atoms with Gasteiger partial charge in [-0.2, -0.15) is 0 Å². The summed E-state index contributed by atoms with van der Waals surface area (Å²) in [5.74, 6) is -3.17. The fourth-order valence-electron chi connectivity index (χ4n) is 4.25. The number of amides is 1. The molecule has 2 atom stereocenters. The number of aliphatic imine (C=N–C) groups is 1. The maximum absolute atomic E-state index is 13.4. The molecule has 2 heterocycles. The number of ether oxygens (including phenoxy) is 3. The summed E-state index contributed by atoms with van der Waals surface area (Å²) in [5.41, 5.74) is 1.51. The predicted molar refractivity (Wildman–Crippen MR) is 140 cm³/mol. The van der Waals surface area contributed by atoms with Crippen LogP contribution in [0.25, 0.3) is 0 Å². The summed E-state index contributed by atoms with van der Waals surface area (Å²) in [7, 11) is 1.53. The Morgan fingerprint density at radius 3 is 2.58 bits per heavy atom. The van der Waals surface area contributed by atoms with Gasteiger partial charge in [-0.25, -0.2) is 13.6 Å². The largest absolute Gasteiger partial charge is 0.573 e. The zero-order valence-corrected chi connectivity index (χ0v) is 22.4. The molecule has 0 aliphatic carbocycles. The Morgan fingerprint density at radius 2 is 1.93 bits per heavy atom. The number of alkyl halides is 5. The lowest BCUT2D eigenvalue weighted by Gasteiger charge is -2.37. The van der Waals surface area contributed by atoms with Crippen LogP contribution in [-0.4, -0.2) is 73.3 Å². The Kier molecular flexibility index (Phi) is 10.5. The fourth-order valence-corrected chi connectivity index (χ4v) is 4.25. The van der Waals surface area contributed by atoms with Crippen LogP contribution in [0, 0.1) is 0 Å². The van der Waals surface area contributed by atoms with Crippen LogP contribution in [0.4, 0.5) is 26.7 Å². The highest BCUT2D eigenvalue weighted by Gasteiger charge is 2.44. The summed E-state index contributed by atoms with van der Waals surface area (Å²) in [5, 5.41) is 0. The third kappa shape index (κ3) is 8.94. The highest BCUT2D eigenvalue weighted by molar-refractivity contribution is 6.05. The molecule has 0 saturated carbocycles. The van der Waals surface area contributed by atoms with Crippen LogP contribution in [-0.2, 0) is 9.47 Å². The van der Waals surface area contributed by atoms with Gasteiger partial charge in [-0.05, 0) is 42.7 Å². The smallest absolute Gasteiger partial charge is 0.504 e. The molecule has 1 amide bonds. The van der Waals surface area contributed by atoms with E-state index in [1.165, 1.54) is 35.3 Å². The Hall–Kier alpha value is -3.67. The maximum Gasteiger partial charge on any atom is 0.573 e. The number of hydrogen-bond acceptors (Lipinski definition) is 6. The van der Waals surface area contributed by atoms with Gasteiger partial charge in [-0.1, -0.05) is 49.4 Å². The van der Waals surface area contributed by atoms with Crippen molar-refractivity contribution in [2.45, 2.75) is 44.7 Å². The van der Waals surface area contributed by atoms with E-state index in [9.17, 15) is 26.7 Å². The number of allylic oxidation sites excluding steroid dienone is 6. The number of halogens is 5. The van der Waals surface area contributed by atoms with E-state index in [1.807, 2.05) is 13.0 Å². The van der Waals surface area contributed by atoms with Gasteiger partial charge < -0.3 is 14.2 Å². The fraction of sp³-hybridized carbons (Fsp3) is 0.429. The van der Waals surface area contributed by atoms with E-state index in [1.54, 1.807) is 43.4 Å². The summed E-state index contributed by atoms with van der Waals surface area (Å²) in [6.07, 6.45) is 6.45. The SMILES string of the molecule is CC/C=C(/C=C/C=C\C=C\OC)C(\CN1C(=O)OC(c2cccc(OC(F)(F)F)c2)C1C)=N/CN1CC(F)(F)C1. The molecule has 12 heteroatoms. The molecule has 0 N–H and O–H groups in total. The lowest BCUT2D eigenvalue weighted by molar-refractivity contribution is -0.274. The number of likely N-dealkylation sites (tertiary alicyclic amines) is 1. The van der Waals surface area contributed by atoms with Crippen LogP contribution < -0.4 is 4.74 Å². The molecule has 2 fully saturated rings. The topological polar surface area (TPSA) is 63.6 Å². The Bertz CT molecular complexity index is 1170. The molecule has 2 saturated heterocycles. The summed E-state index contributed by atoms with van der Waals surface area (Å²) < 4.78 is 79.2. The van der Waals surface area contributed by atoms with E-state index in [4.69, 9.17) is 9.47 Å². The van der Waals surface area contributed by atoms with Crippen molar-refractivity contribution in [1.29, 1.82) is 0 Å². The van der Waals surface area contributed by atoms with Crippen molar-refractivity contribution in [2.75, 3.05) is 33.4 Å². The molecular weight excluding hydrogens is 537 g/mol. The minimum Gasteiger partial charge on any atom is -0.504 e. The van der Waals surface area contributed by atoms with Crippen molar-refractivity contribution in [3.05, 3.63) is 78.1 Å². The summed E-state index contributed by atoms with van der Waals surface area (Å²) in [6, 6.07) is 4.71. The van der Waals surface area contributed by atoms with E-state index >= 15 is 0 Å². The van der Waals surface area contributed by atoms with Gasteiger partial charge in [0.2, 0.25) is 0 Å². The first-order chi connectivity index (χ1) is 18.9. The molecule has 3 rings (SSSR count). The van der Waals surface area contributed by atoms with Crippen LogP contribution >= 0.6 is 0 Å². The number of methoxy groups -OCH3 is 1. The van der Waals surface area contributed by atoms with E-state index < -0.39 is 49.4 Å². The van der Waals surface area contributed by atoms with Crippen molar-refractivity contribution < 1.29 is 41.0 Å². The highest BCUT2D eigenvalue weighted by atomic mass is 19.4. The number of carbonyl (C=O) groups excluding carboxylic acids is 1. The Morgan fingerprint density at radius 1 is 1.20 bits per heavy atom. The molecule has 0 radical (unpaired) electrons. The summed E-state index contributed by atoms with van der Waals surface area (Å²) >= 11 is 0. The standard InChI is InChI=1S/C28H32F5N3O4/c1-4-10-21(11-7-5-6-8-14-38-3)24(34-19-35-17-27(29,30)18-35)16-36-20(2)25(39-26(36)37)22-12-9-13-23(15-22)40-28(31,32)33/h5-15,20,25H,4,16-19H2,1-3H3/b6-5-,11-7+,14-8+,21-10-,34-24-. The second kappa shape index (κ2) is 13.6. The zero-order chi connectivity index (χ0) is 29.3. The monoisotopic (exact) mass is 569 g/mol. The molecule has 218 valence electrons. The molecule has 7 nitrogen and oxygen atoms in total. The Labute approximate surface area is 229 Å². The van der Waals surface area contributed by atoms with E-state index in [0.29, 0.717) is 23.3 Å². The molecule has 40 heavy (non-hydrogen) atoms. The minimum atomic E-state index is -4.86. The van der Waals surface area contributed by atoms with Gasteiger partial charge in [0.25, 0.3) is 5.92 Å². The molecule has 1 aromatic rings. The summed E-state index contributed by atoms with van der Waals surface area (Å²) in [4.78, 5) is 20.4. The van der Waals surface area contributed by atoms with Crippen LogP contribution in [0.5, 0.6) is 5.75 Å². The van der Waals surface area contributed by atoms with Gasteiger partial charge >= 0.3 is 12.5 Å². The van der Waals surface area contributed by atoms with Crippen molar-refractivity contribution in [3.8, 4) is 5.75 Å². The van der Waals surface area contributed by atoms with Gasteiger partial charge in [-0.15, -0.1) is 13.2 Å². The average Bonchev–Trinajstić information content (AvgIpc) is 3.14. The molecule has 2 aliphatic heterocycles. The number of nitrogens with zero attached hydrogens (tertiary/aromatic N) is 3. The Balaban J connectivity index is 1.83. The maximum atomic E-state index is 13.4. The quantitative estimate of drug-likeness (QED) is 0.126. The summed E-state index contributed by atoms with van der Waals surface area (Å²) in [6.45, 7) is 2.86. The third-order valence-electron chi connectivity index (χ3n) is 6.08. The molecule has 2 aliphatic rings. The first-order valence-corrected chi connectivity index (χ1v) is 12.6. The van der Waals surface area contributed by atoms with Crippen molar-refractivity contribution >= 4 is 11.8 Å². The molecule has 1 aromatic carbocycles. The zero-order valence-electron chi connectivity index (χ0n) is 22.4. The van der Waals surface area contributed by atoms with Crippen LogP contribution in [0.1, 0.15) is 31.9 Å². The average molecular weight is 570 g/mol. The number of carbonyl (C=O) groups is 1. The van der Waals surface area contributed by atoms with Gasteiger partial charge in [0.1, 0.15) is 11.9 Å². The van der Waals surface area contributed by atoms with E-state index in [-0.39, 0.29) is 13.2 Å². The van der Waals surface area contributed by atoms with Gasteiger partial charge in [0, 0.05) is 0 Å². The first-order valence-electron chi connectivity index (χ1n) is 12.6. The molecular formula is C28H32F5N3O4. The van der Waals surface area contributed by atoms with Gasteiger partial charge in [0.05, 0.1) is 51.4 Å². The van der Waals surface area contributed by atoms with Gasteiger partial charge in [-0.3, -0.25) is 14.8 Å². The minimum absolute atomic E-state index is 0.00292. The second-order valence-electron chi connectivity index (χ2n) is 9.26. The predicted octanol–water partition coefficient (Wildman–Crippen LogP) is 6.43. The number of rotatable bonds is 12. The number of hydrogen-bond donors (Lipinski definition) is 0. The molecule has 2 unspecified atom stereocenters. The highest BCUT2D eigenvalue weighted by Crippen LogP contribution is 2.35. The van der Waals surface area contributed by atoms with Crippen LogP contribution in [0.3, 0.4) is 0 Å². The van der Waals surface area contributed by atoms with E-state index in [0.717, 1.165) is 6.07 Å². The van der Waals surface area contributed by atoms with Crippen molar-refractivity contribution in [1.82, 2.24) is 9.80 Å². The first kappa shape index (κ1) is 30.9. The molecule has 0 spiro atoms. The second-order valence-corrected chi connectivity index (χ2v) is 9.26. The molecule has 0 bridgehead atoms. The molecule has 0 aromatic heterocycles. The van der Waals surface area contributed by atoms with Crippen molar-refractivity contribution in [2.24, 2.45) is 4.99 Å². The lowest BCUT2D eigenvalue weighted by atomic mass is 10.0. The van der Waals surface area contributed by atoms with Gasteiger partial charge in [0.15, 0.2) is 0 Å². The normalized spacial score (nSPS) is 22.4. The lowest BCUT2D eigenvalue weighted by Crippen LogP contribution is -2.56. The number of benzene rings is 1. The third-order valence-corrected chi connectivity index (χ3v) is 6.08. The van der Waals surface area contributed by atoms with Crippen LogP contribution in [0.2, 0.25) is 0 Å². The van der Waals surface area contributed by atoms with Crippen LogP contribution in [0.15, 0.2) is 77.5 Å². The van der Waals surface area contributed by atoms with Crippen molar-refractivity contribution in [3.63, 3.8) is 0 Å².